The second-order valence-electron chi connectivity index (χ2n) is 4.66. The smallest absolute Gasteiger partial charge is 0.306 e. The molecule has 4 heteroatoms. The number of ether oxygens (including phenoxy) is 3. The highest BCUT2D eigenvalue weighted by Gasteiger charge is 2.17. The summed E-state index contributed by atoms with van der Waals surface area (Å²) in [6.45, 7) is 4.51. The van der Waals surface area contributed by atoms with Gasteiger partial charge in [0.25, 0.3) is 0 Å². The van der Waals surface area contributed by atoms with E-state index in [1.807, 2.05) is 6.92 Å². The highest BCUT2D eigenvalue weighted by molar-refractivity contribution is 5.69. The number of hydrogen-bond donors (Lipinski definition) is 0. The maximum absolute atomic E-state index is 11.5. The molecule has 1 rings (SSSR count). The Kier molecular flexibility index (Phi) is 8.86. The average Bonchev–Trinajstić information content (AvgIpc) is 2.39. The largest absolute Gasteiger partial charge is 0.462 e. The van der Waals surface area contributed by atoms with Crippen LogP contribution in [-0.4, -0.2) is 38.5 Å². The zero-order valence-electron chi connectivity index (χ0n) is 11.5. The van der Waals surface area contributed by atoms with E-state index in [0.717, 1.165) is 25.9 Å². The number of esters is 1. The molecule has 0 aromatic carbocycles. The summed E-state index contributed by atoms with van der Waals surface area (Å²) in [7, 11) is 0. The van der Waals surface area contributed by atoms with Crippen LogP contribution in [0.2, 0.25) is 0 Å². The number of carbonyl (C=O) groups excluding carboxylic acids is 1. The van der Waals surface area contributed by atoms with E-state index in [1.165, 1.54) is 19.3 Å². The van der Waals surface area contributed by atoms with Crippen LogP contribution in [0.25, 0.3) is 0 Å². The van der Waals surface area contributed by atoms with E-state index in [0.29, 0.717) is 26.2 Å². The fourth-order valence-electron chi connectivity index (χ4n) is 2.11. The Hall–Kier alpha value is -0.610. The molecule has 0 spiro atoms. The molecule has 0 amide bonds. The van der Waals surface area contributed by atoms with Crippen molar-refractivity contribution in [3.05, 3.63) is 0 Å². The summed E-state index contributed by atoms with van der Waals surface area (Å²) >= 11 is 0. The molecule has 0 aliphatic heterocycles. The topological polar surface area (TPSA) is 44.8 Å². The van der Waals surface area contributed by atoms with Gasteiger partial charge in [-0.3, -0.25) is 4.79 Å². The van der Waals surface area contributed by atoms with E-state index in [2.05, 4.69) is 0 Å². The Morgan fingerprint density at radius 3 is 2.50 bits per heavy atom. The van der Waals surface area contributed by atoms with Gasteiger partial charge in [0.15, 0.2) is 0 Å². The monoisotopic (exact) mass is 258 g/mol. The first-order chi connectivity index (χ1) is 8.83. The molecule has 0 N–H and O–H groups in total. The lowest BCUT2D eigenvalue weighted by molar-refractivity contribution is -0.150. The van der Waals surface area contributed by atoms with Gasteiger partial charge in [0.2, 0.25) is 0 Å². The van der Waals surface area contributed by atoms with Crippen LogP contribution in [0, 0.1) is 0 Å². The predicted octanol–water partition coefficient (Wildman–Crippen LogP) is 2.70. The minimum absolute atomic E-state index is 0.0738. The normalized spacial score (nSPS) is 16.7. The maximum atomic E-state index is 11.5. The van der Waals surface area contributed by atoms with Crippen molar-refractivity contribution < 1.29 is 19.0 Å². The molecule has 18 heavy (non-hydrogen) atoms. The van der Waals surface area contributed by atoms with Gasteiger partial charge in [0.05, 0.1) is 13.2 Å². The molecule has 4 nitrogen and oxygen atoms in total. The van der Waals surface area contributed by atoms with Gasteiger partial charge in [0, 0.05) is 19.6 Å². The summed E-state index contributed by atoms with van der Waals surface area (Å²) in [5.74, 6) is -0.0738. The SMILES string of the molecule is CCOCCOCCCC(=O)OC1CCCCC1. The summed E-state index contributed by atoms with van der Waals surface area (Å²) in [6.07, 6.45) is 7.11. The molecular weight excluding hydrogens is 232 g/mol. The van der Waals surface area contributed by atoms with E-state index < -0.39 is 0 Å². The summed E-state index contributed by atoms with van der Waals surface area (Å²) in [4.78, 5) is 11.5. The molecule has 0 saturated heterocycles. The first kappa shape index (κ1) is 15.4. The van der Waals surface area contributed by atoms with Crippen LogP contribution in [0.1, 0.15) is 51.9 Å². The molecule has 0 atom stereocenters. The number of hydrogen-bond acceptors (Lipinski definition) is 4. The highest BCUT2D eigenvalue weighted by atomic mass is 16.5. The van der Waals surface area contributed by atoms with Gasteiger partial charge in [-0.1, -0.05) is 6.42 Å². The standard InChI is InChI=1S/C14H26O4/c1-2-16-11-12-17-10-6-9-14(15)18-13-7-4-3-5-8-13/h13H,2-12H2,1H3. The zero-order chi connectivity index (χ0) is 13.1. The van der Waals surface area contributed by atoms with E-state index in [4.69, 9.17) is 14.2 Å². The van der Waals surface area contributed by atoms with E-state index >= 15 is 0 Å². The average molecular weight is 258 g/mol. The van der Waals surface area contributed by atoms with Gasteiger partial charge < -0.3 is 14.2 Å². The molecular formula is C14H26O4. The molecule has 1 aliphatic rings. The lowest BCUT2D eigenvalue weighted by Crippen LogP contribution is -2.21. The summed E-state index contributed by atoms with van der Waals surface area (Å²) in [6, 6.07) is 0. The first-order valence-electron chi connectivity index (χ1n) is 7.18. The maximum Gasteiger partial charge on any atom is 0.306 e. The predicted molar refractivity (Wildman–Crippen MR) is 69.5 cm³/mol. The summed E-state index contributed by atoms with van der Waals surface area (Å²) in [5.41, 5.74) is 0. The molecule has 1 fully saturated rings. The van der Waals surface area contributed by atoms with Crippen molar-refractivity contribution in [3.8, 4) is 0 Å². The lowest BCUT2D eigenvalue weighted by atomic mass is 9.98. The van der Waals surface area contributed by atoms with Crippen LogP contribution in [-0.2, 0) is 19.0 Å². The Bertz CT molecular complexity index is 212. The third-order valence-electron chi connectivity index (χ3n) is 3.10. The fraction of sp³-hybridized carbons (Fsp3) is 0.929. The van der Waals surface area contributed by atoms with Crippen LogP contribution in [0.15, 0.2) is 0 Å². The third-order valence-corrected chi connectivity index (χ3v) is 3.10. The molecule has 0 bridgehead atoms. The minimum atomic E-state index is -0.0738. The van der Waals surface area contributed by atoms with Crippen LogP contribution in [0.4, 0.5) is 0 Å². The first-order valence-corrected chi connectivity index (χ1v) is 7.18. The van der Waals surface area contributed by atoms with Crippen molar-refractivity contribution in [3.63, 3.8) is 0 Å². The van der Waals surface area contributed by atoms with E-state index in [9.17, 15) is 4.79 Å². The molecule has 106 valence electrons. The van der Waals surface area contributed by atoms with Crippen molar-refractivity contribution >= 4 is 5.97 Å². The molecule has 0 unspecified atom stereocenters. The summed E-state index contributed by atoms with van der Waals surface area (Å²) < 4.78 is 15.9. The Labute approximate surface area is 110 Å². The van der Waals surface area contributed by atoms with Gasteiger partial charge in [-0.2, -0.15) is 0 Å². The molecule has 1 aliphatic carbocycles. The Morgan fingerprint density at radius 1 is 1.06 bits per heavy atom. The quantitative estimate of drug-likeness (QED) is 0.471. The Morgan fingerprint density at radius 2 is 1.78 bits per heavy atom. The van der Waals surface area contributed by atoms with Crippen LogP contribution in [0.5, 0.6) is 0 Å². The Balaban J connectivity index is 1.90. The molecule has 0 heterocycles. The van der Waals surface area contributed by atoms with Crippen molar-refractivity contribution in [2.24, 2.45) is 0 Å². The van der Waals surface area contributed by atoms with Crippen molar-refractivity contribution in [1.29, 1.82) is 0 Å². The van der Waals surface area contributed by atoms with Crippen LogP contribution in [0.3, 0.4) is 0 Å². The summed E-state index contributed by atoms with van der Waals surface area (Å²) in [5, 5.41) is 0. The van der Waals surface area contributed by atoms with Crippen LogP contribution < -0.4 is 0 Å². The van der Waals surface area contributed by atoms with Gasteiger partial charge in [-0.15, -0.1) is 0 Å². The molecule has 0 aromatic heterocycles. The molecule has 0 radical (unpaired) electrons. The van der Waals surface area contributed by atoms with Crippen LogP contribution >= 0.6 is 0 Å². The fourth-order valence-corrected chi connectivity index (χ4v) is 2.11. The zero-order valence-corrected chi connectivity index (χ0v) is 11.5. The van der Waals surface area contributed by atoms with E-state index in [-0.39, 0.29) is 12.1 Å². The van der Waals surface area contributed by atoms with Gasteiger partial charge in [-0.05, 0) is 39.0 Å². The van der Waals surface area contributed by atoms with Gasteiger partial charge in [-0.25, -0.2) is 0 Å². The molecule has 0 aromatic rings. The number of carbonyl (C=O) groups is 1. The molecule has 1 saturated carbocycles. The lowest BCUT2D eigenvalue weighted by Gasteiger charge is -2.21. The van der Waals surface area contributed by atoms with Gasteiger partial charge >= 0.3 is 5.97 Å². The minimum Gasteiger partial charge on any atom is -0.462 e. The second-order valence-corrected chi connectivity index (χ2v) is 4.66. The van der Waals surface area contributed by atoms with Crippen molar-refractivity contribution in [1.82, 2.24) is 0 Å². The van der Waals surface area contributed by atoms with E-state index in [1.54, 1.807) is 0 Å². The number of rotatable bonds is 9. The van der Waals surface area contributed by atoms with Crippen molar-refractivity contribution in [2.75, 3.05) is 26.4 Å². The highest BCUT2D eigenvalue weighted by Crippen LogP contribution is 2.20. The van der Waals surface area contributed by atoms with Gasteiger partial charge in [0.1, 0.15) is 6.10 Å². The second kappa shape index (κ2) is 10.3. The third kappa shape index (κ3) is 7.67. The van der Waals surface area contributed by atoms with Crippen molar-refractivity contribution in [2.45, 2.75) is 58.0 Å².